The third-order valence-corrected chi connectivity index (χ3v) is 4.13. The number of alkyl carbamates (subject to hydrolysis) is 1. The molecule has 0 bridgehead atoms. The van der Waals surface area contributed by atoms with Gasteiger partial charge in [-0.05, 0) is 42.5 Å². The van der Waals surface area contributed by atoms with E-state index < -0.39 is 6.09 Å². The van der Waals surface area contributed by atoms with Gasteiger partial charge in [0.05, 0.1) is 6.04 Å². The van der Waals surface area contributed by atoms with E-state index in [1.54, 1.807) is 6.92 Å². The van der Waals surface area contributed by atoms with Crippen LogP contribution in [0.15, 0.2) is 48.5 Å². The maximum Gasteiger partial charge on any atom is 0.407 e. The number of ether oxygens (including phenoxy) is 1. The van der Waals surface area contributed by atoms with E-state index in [2.05, 4.69) is 5.32 Å². The highest BCUT2D eigenvalue weighted by molar-refractivity contribution is 5.94. The Morgan fingerprint density at radius 2 is 1.96 bits per heavy atom. The zero-order chi connectivity index (χ0) is 16.2. The second-order valence-electron chi connectivity index (χ2n) is 5.77. The SMILES string of the molecule is CC(=O)c1ccc2c(c1)CCC2NC(=O)OCc1ccccc1. The Morgan fingerprint density at radius 3 is 2.70 bits per heavy atom. The molecule has 0 radical (unpaired) electrons. The highest BCUT2D eigenvalue weighted by Gasteiger charge is 2.25. The first-order valence-corrected chi connectivity index (χ1v) is 7.74. The first-order valence-electron chi connectivity index (χ1n) is 7.74. The summed E-state index contributed by atoms with van der Waals surface area (Å²) < 4.78 is 5.26. The summed E-state index contributed by atoms with van der Waals surface area (Å²) >= 11 is 0. The highest BCUT2D eigenvalue weighted by atomic mass is 16.5. The Kier molecular flexibility index (Phi) is 4.42. The van der Waals surface area contributed by atoms with Crippen LogP contribution in [-0.4, -0.2) is 11.9 Å². The van der Waals surface area contributed by atoms with Gasteiger partial charge < -0.3 is 10.1 Å². The molecular formula is C19H19NO3. The average Bonchev–Trinajstić information content (AvgIpc) is 2.96. The van der Waals surface area contributed by atoms with E-state index in [1.807, 2.05) is 48.5 Å². The van der Waals surface area contributed by atoms with Crippen molar-refractivity contribution in [3.63, 3.8) is 0 Å². The molecule has 3 rings (SSSR count). The third-order valence-electron chi connectivity index (χ3n) is 4.13. The molecule has 4 heteroatoms. The number of rotatable bonds is 4. The summed E-state index contributed by atoms with van der Waals surface area (Å²) in [6.07, 6.45) is 1.28. The standard InChI is InChI=1S/C19H19NO3/c1-13(21)15-7-9-17-16(11-15)8-10-18(17)20-19(22)23-12-14-5-3-2-4-6-14/h2-7,9,11,18H,8,10,12H2,1H3,(H,20,22). The summed E-state index contributed by atoms with van der Waals surface area (Å²) in [6, 6.07) is 15.2. The number of benzene rings is 2. The number of hydrogen-bond donors (Lipinski definition) is 1. The normalized spacial score (nSPS) is 15.8. The van der Waals surface area contributed by atoms with Crippen LogP contribution in [0.1, 0.15) is 46.4 Å². The van der Waals surface area contributed by atoms with E-state index in [0.29, 0.717) is 0 Å². The summed E-state index contributed by atoms with van der Waals surface area (Å²) in [6.45, 7) is 1.82. The van der Waals surface area contributed by atoms with Crippen molar-refractivity contribution in [2.75, 3.05) is 0 Å². The van der Waals surface area contributed by atoms with Gasteiger partial charge in [0.15, 0.2) is 5.78 Å². The Morgan fingerprint density at radius 1 is 1.17 bits per heavy atom. The van der Waals surface area contributed by atoms with Gasteiger partial charge in [-0.2, -0.15) is 0 Å². The van der Waals surface area contributed by atoms with Gasteiger partial charge in [0, 0.05) is 5.56 Å². The van der Waals surface area contributed by atoms with E-state index in [9.17, 15) is 9.59 Å². The van der Waals surface area contributed by atoms with Gasteiger partial charge in [0.2, 0.25) is 0 Å². The molecule has 1 aliphatic rings. The van der Waals surface area contributed by atoms with Gasteiger partial charge in [-0.1, -0.05) is 42.5 Å². The van der Waals surface area contributed by atoms with E-state index in [0.717, 1.165) is 35.1 Å². The van der Waals surface area contributed by atoms with E-state index in [1.165, 1.54) is 0 Å². The Bertz CT molecular complexity index is 725. The zero-order valence-corrected chi connectivity index (χ0v) is 13.0. The average molecular weight is 309 g/mol. The molecule has 1 unspecified atom stereocenters. The minimum Gasteiger partial charge on any atom is -0.445 e. The molecule has 1 atom stereocenters. The fourth-order valence-corrected chi connectivity index (χ4v) is 2.89. The van der Waals surface area contributed by atoms with Crippen LogP contribution in [0.4, 0.5) is 4.79 Å². The molecule has 23 heavy (non-hydrogen) atoms. The quantitative estimate of drug-likeness (QED) is 0.874. The minimum absolute atomic E-state index is 0.0470. The topological polar surface area (TPSA) is 55.4 Å². The Hall–Kier alpha value is -2.62. The van der Waals surface area contributed by atoms with Crippen LogP contribution in [0, 0.1) is 0 Å². The van der Waals surface area contributed by atoms with E-state index in [4.69, 9.17) is 4.74 Å². The number of carbonyl (C=O) groups is 2. The molecule has 1 amide bonds. The molecule has 0 heterocycles. The largest absolute Gasteiger partial charge is 0.445 e. The number of hydrogen-bond acceptors (Lipinski definition) is 3. The summed E-state index contributed by atoms with van der Waals surface area (Å²) in [7, 11) is 0. The lowest BCUT2D eigenvalue weighted by Crippen LogP contribution is -2.27. The molecule has 0 fully saturated rings. The predicted molar refractivity (Wildman–Crippen MR) is 87.3 cm³/mol. The molecule has 0 saturated carbocycles. The monoisotopic (exact) mass is 309 g/mol. The van der Waals surface area contributed by atoms with Crippen LogP contribution in [0.2, 0.25) is 0 Å². The van der Waals surface area contributed by atoms with Crippen LogP contribution in [-0.2, 0) is 17.8 Å². The van der Waals surface area contributed by atoms with Crippen LogP contribution >= 0.6 is 0 Å². The summed E-state index contributed by atoms with van der Waals surface area (Å²) in [5, 5.41) is 2.91. The van der Waals surface area contributed by atoms with Crippen LogP contribution < -0.4 is 5.32 Å². The van der Waals surface area contributed by atoms with Gasteiger partial charge in [-0.15, -0.1) is 0 Å². The van der Waals surface area contributed by atoms with Crippen LogP contribution in [0.25, 0.3) is 0 Å². The van der Waals surface area contributed by atoms with Gasteiger partial charge in [-0.3, -0.25) is 4.79 Å². The molecule has 1 N–H and O–H groups in total. The van der Waals surface area contributed by atoms with Gasteiger partial charge >= 0.3 is 6.09 Å². The van der Waals surface area contributed by atoms with Crippen molar-refractivity contribution in [3.05, 3.63) is 70.8 Å². The van der Waals surface area contributed by atoms with E-state index >= 15 is 0 Å². The van der Waals surface area contributed by atoms with Crippen molar-refractivity contribution in [1.82, 2.24) is 5.32 Å². The number of nitrogens with one attached hydrogen (secondary N) is 1. The summed E-state index contributed by atoms with van der Waals surface area (Å²) in [5.41, 5.74) is 3.88. The number of carbonyl (C=O) groups excluding carboxylic acids is 2. The number of ketones is 1. The number of fused-ring (bicyclic) bond motifs is 1. The zero-order valence-electron chi connectivity index (χ0n) is 13.0. The second-order valence-corrected chi connectivity index (χ2v) is 5.77. The first kappa shape index (κ1) is 15.3. The minimum atomic E-state index is -0.414. The molecule has 0 aromatic heterocycles. The molecule has 0 saturated heterocycles. The number of aryl methyl sites for hydroxylation is 1. The summed E-state index contributed by atoms with van der Waals surface area (Å²) in [4.78, 5) is 23.4. The number of amides is 1. The second kappa shape index (κ2) is 6.65. The Labute approximate surface area is 135 Å². The van der Waals surface area contributed by atoms with Gasteiger partial charge in [0.25, 0.3) is 0 Å². The fraction of sp³-hybridized carbons (Fsp3) is 0.263. The van der Waals surface area contributed by atoms with Gasteiger partial charge in [-0.25, -0.2) is 4.79 Å². The lowest BCUT2D eigenvalue weighted by molar-refractivity contribution is 0.101. The van der Waals surface area contributed by atoms with Crippen LogP contribution in [0.5, 0.6) is 0 Å². The molecule has 0 spiro atoms. The molecular weight excluding hydrogens is 290 g/mol. The van der Waals surface area contributed by atoms with Crippen molar-refractivity contribution in [3.8, 4) is 0 Å². The predicted octanol–water partition coefficient (Wildman–Crippen LogP) is 3.80. The van der Waals surface area contributed by atoms with Crippen LogP contribution in [0.3, 0.4) is 0 Å². The highest BCUT2D eigenvalue weighted by Crippen LogP contribution is 2.31. The maximum absolute atomic E-state index is 12.0. The molecule has 118 valence electrons. The molecule has 0 aliphatic heterocycles. The van der Waals surface area contributed by atoms with Crippen molar-refractivity contribution in [1.29, 1.82) is 0 Å². The molecule has 4 nitrogen and oxygen atoms in total. The lowest BCUT2D eigenvalue weighted by atomic mass is 10.0. The first-order chi connectivity index (χ1) is 11.1. The third kappa shape index (κ3) is 3.59. The molecule has 2 aromatic carbocycles. The van der Waals surface area contributed by atoms with Crippen molar-refractivity contribution >= 4 is 11.9 Å². The van der Waals surface area contributed by atoms with Gasteiger partial charge in [0.1, 0.15) is 6.61 Å². The van der Waals surface area contributed by atoms with Crippen molar-refractivity contribution in [2.45, 2.75) is 32.4 Å². The Balaban J connectivity index is 1.60. The molecule has 1 aliphatic carbocycles. The lowest BCUT2D eigenvalue weighted by Gasteiger charge is -2.14. The smallest absolute Gasteiger partial charge is 0.407 e. The summed E-state index contributed by atoms with van der Waals surface area (Å²) in [5.74, 6) is 0.0616. The fourth-order valence-electron chi connectivity index (χ4n) is 2.89. The van der Waals surface area contributed by atoms with Crippen molar-refractivity contribution in [2.24, 2.45) is 0 Å². The van der Waals surface area contributed by atoms with E-state index in [-0.39, 0.29) is 18.4 Å². The molecule has 2 aromatic rings. The number of Topliss-reactive ketones (excluding diaryl/α,β-unsaturated/α-hetero) is 1. The maximum atomic E-state index is 12.0. The van der Waals surface area contributed by atoms with Crippen molar-refractivity contribution < 1.29 is 14.3 Å².